The molecule has 0 aromatic rings. The normalized spacial score (nSPS) is 23.3. The van der Waals surface area contributed by atoms with E-state index in [1.807, 2.05) is 0 Å². The zero-order chi connectivity index (χ0) is 10.4. The van der Waals surface area contributed by atoms with Gasteiger partial charge in [-0.2, -0.15) is 0 Å². The van der Waals surface area contributed by atoms with Crippen LogP contribution in [0, 0.1) is 5.92 Å². The van der Waals surface area contributed by atoms with Crippen LogP contribution in [0.15, 0.2) is 0 Å². The van der Waals surface area contributed by atoms with E-state index in [4.69, 9.17) is 4.52 Å². The predicted octanol–water partition coefficient (Wildman–Crippen LogP) is 1.61. The molecule has 14 heavy (non-hydrogen) atoms. The molecule has 1 N–H and O–H groups in total. The van der Waals surface area contributed by atoms with Crippen molar-refractivity contribution in [1.82, 2.24) is 5.32 Å². The van der Waals surface area contributed by atoms with Crippen LogP contribution in [0.2, 0.25) is 0 Å². The van der Waals surface area contributed by atoms with E-state index in [0.717, 1.165) is 32.4 Å². The molecule has 0 aromatic heterocycles. The monoisotopic (exact) mass is 220 g/mol. The van der Waals surface area contributed by atoms with E-state index in [0.29, 0.717) is 18.7 Å². The lowest BCUT2D eigenvalue weighted by atomic mass is 9.96. The van der Waals surface area contributed by atoms with Crippen molar-refractivity contribution in [2.45, 2.75) is 26.2 Å². The minimum atomic E-state index is -3.29. The van der Waals surface area contributed by atoms with Gasteiger partial charge in [-0.15, -0.1) is 0 Å². The lowest BCUT2D eigenvalue weighted by Gasteiger charge is -2.22. The van der Waals surface area contributed by atoms with Crippen molar-refractivity contribution in [1.29, 1.82) is 0 Å². The predicted molar refractivity (Wildman–Crippen MR) is 55.5 cm³/mol. The third-order valence-corrected chi connectivity index (χ3v) is 4.03. The van der Waals surface area contributed by atoms with Crippen molar-refractivity contribution in [2.75, 3.05) is 25.9 Å². The molecule has 1 saturated heterocycles. The Morgan fingerprint density at radius 2 is 2.14 bits per heavy atom. The van der Waals surface area contributed by atoms with Gasteiger partial charge in [-0.1, -0.05) is 0 Å². The van der Waals surface area contributed by atoms with E-state index in [2.05, 4.69) is 5.32 Å². The van der Waals surface area contributed by atoms with Crippen molar-refractivity contribution in [3.63, 3.8) is 0 Å². The van der Waals surface area contributed by atoms with Crippen LogP contribution in [0.25, 0.3) is 0 Å². The summed E-state index contributed by atoms with van der Waals surface area (Å²) in [5, 5.41) is 4.25. The van der Waals surface area contributed by atoms with Crippen molar-refractivity contribution in [3.05, 3.63) is 0 Å². The fraction of sp³-hybridized carbons (Fsp3) is 1.00. The molecule has 1 radical (unpaired) electrons. The molecule has 0 aromatic carbocycles. The first-order chi connectivity index (χ1) is 6.64. The molecule has 0 amide bonds. The molecule has 1 aliphatic rings. The minimum absolute atomic E-state index is 0.297. The number of hydrogen-bond donors (Lipinski definition) is 1. The molecule has 1 aliphatic heterocycles. The second-order valence-corrected chi connectivity index (χ2v) is 5.66. The Hall–Kier alpha value is 0.110. The molecule has 0 bridgehead atoms. The highest BCUT2D eigenvalue weighted by molar-refractivity contribution is 7.52. The molecule has 1 rings (SSSR count). The van der Waals surface area contributed by atoms with Crippen LogP contribution >= 0.6 is 7.60 Å². The van der Waals surface area contributed by atoms with Crippen molar-refractivity contribution >= 4 is 7.60 Å². The van der Waals surface area contributed by atoms with Crippen LogP contribution in [0.1, 0.15) is 26.2 Å². The Balaban J connectivity index is 2.21. The largest absolute Gasteiger partial charge is 0.328 e. The molecule has 0 aliphatic carbocycles. The average molecular weight is 220 g/mol. The summed E-state index contributed by atoms with van der Waals surface area (Å²) in [6.45, 7) is 3.88. The standard InChI is InChI=1S/C9H19NO3P/c1-2-13-14(11,12)8-5-9-3-6-10-7-4-9/h9H,2-8H2,1H3,(H,11,12). The molecule has 1 heterocycles. The fourth-order valence-corrected chi connectivity index (χ4v) is 2.93. The zero-order valence-electron chi connectivity index (χ0n) is 8.69. The van der Waals surface area contributed by atoms with E-state index in [-0.39, 0.29) is 0 Å². The SMILES string of the molecule is CCOP(=O)(O)CCC1CC[N]CC1. The lowest BCUT2D eigenvalue weighted by molar-refractivity contribution is 0.267. The topological polar surface area (TPSA) is 60.6 Å². The number of rotatable bonds is 5. The third kappa shape index (κ3) is 4.56. The summed E-state index contributed by atoms with van der Waals surface area (Å²) in [6.07, 6.45) is 3.22. The summed E-state index contributed by atoms with van der Waals surface area (Å²) in [6, 6.07) is 0. The van der Waals surface area contributed by atoms with Crippen LogP contribution in [0.3, 0.4) is 0 Å². The van der Waals surface area contributed by atoms with E-state index < -0.39 is 7.60 Å². The van der Waals surface area contributed by atoms with E-state index in [1.54, 1.807) is 6.92 Å². The second-order valence-electron chi connectivity index (χ2n) is 3.68. The average Bonchev–Trinajstić information content (AvgIpc) is 2.17. The Bertz CT molecular complexity index is 204. The first-order valence-corrected chi connectivity index (χ1v) is 7.00. The van der Waals surface area contributed by atoms with Gasteiger partial charge in [-0.25, -0.2) is 5.32 Å². The summed E-state index contributed by atoms with van der Waals surface area (Å²) < 4.78 is 16.2. The molecule has 83 valence electrons. The number of piperidine rings is 1. The first kappa shape index (κ1) is 12.2. The van der Waals surface area contributed by atoms with Crippen molar-refractivity contribution in [3.8, 4) is 0 Å². The minimum Gasteiger partial charge on any atom is -0.324 e. The van der Waals surface area contributed by atoms with Gasteiger partial charge in [-0.3, -0.25) is 4.57 Å². The molecule has 0 spiro atoms. The maximum atomic E-state index is 11.4. The quantitative estimate of drug-likeness (QED) is 0.716. The van der Waals surface area contributed by atoms with E-state index >= 15 is 0 Å². The Morgan fingerprint density at radius 3 is 2.71 bits per heavy atom. The Kier molecular flexibility index (Phi) is 5.10. The van der Waals surface area contributed by atoms with Crippen LogP contribution < -0.4 is 5.32 Å². The van der Waals surface area contributed by atoms with Gasteiger partial charge in [0.1, 0.15) is 0 Å². The molecule has 1 fully saturated rings. The molecule has 5 heteroatoms. The van der Waals surface area contributed by atoms with E-state index in [9.17, 15) is 9.46 Å². The van der Waals surface area contributed by atoms with Gasteiger partial charge in [0.25, 0.3) is 0 Å². The lowest BCUT2D eigenvalue weighted by Crippen LogP contribution is -2.22. The highest BCUT2D eigenvalue weighted by Gasteiger charge is 2.22. The van der Waals surface area contributed by atoms with Gasteiger partial charge in [0.2, 0.25) is 0 Å². The van der Waals surface area contributed by atoms with Crippen LogP contribution in [-0.4, -0.2) is 30.8 Å². The molecule has 0 saturated carbocycles. The molecule has 1 atom stereocenters. The van der Waals surface area contributed by atoms with Gasteiger partial charge >= 0.3 is 7.60 Å². The summed E-state index contributed by atoms with van der Waals surface area (Å²) in [4.78, 5) is 9.35. The highest BCUT2D eigenvalue weighted by atomic mass is 31.2. The van der Waals surface area contributed by atoms with Gasteiger partial charge in [0, 0.05) is 13.1 Å². The van der Waals surface area contributed by atoms with Crippen LogP contribution in [0.4, 0.5) is 0 Å². The van der Waals surface area contributed by atoms with Crippen LogP contribution in [0.5, 0.6) is 0 Å². The maximum absolute atomic E-state index is 11.4. The summed E-state index contributed by atoms with van der Waals surface area (Å²) in [7, 11) is -3.29. The second kappa shape index (κ2) is 5.86. The Morgan fingerprint density at radius 1 is 1.50 bits per heavy atom. The van der Waals surface area contributed by atoms with Gasteiger partial charge in [0.15, 0.2) is 0 Å². The summed E-state index contributed by atoms with van der Waals surface area (Å²) in [5.41, 5.74) is 0. The van der Waals surface area contributed by atoms with E-state index in [1.165, 1.54) is 0 Å². The molecule has 4 nitrogen and oxygen atoms in total. The zero-order valence-corrected chi connectivity index (χ0v) is 9.58. The maximum Gasteiger partial charge on any atom is 0.328 e. The first-order valence-electron chi connectivity index (χ1n) is 5.23. The van der Waals surface area contributed by atoms with Crippen molar-refractivity contribution in [2.24, 2.45) is 5.92 Å². The van der Waals surface area contributed by atoms with Gasteiger partial charge < -0.3 is 9.42 Å². The third-order valence-electron chi connectivity index (χ3n) is 2.54. The van der Waals surface area contributed by atoms with Gasteiger partial charge in [0.05, 0.1) is 12.8 Å². The van der Waals surface area contributed by atoms with Crippen LogP contribution in [-0.2, 0) is 9.09 Å². The fourth-order valence-electron chi connectivity index (χ4n) is 1.70. The highest BCUT2D eigenvalue weighted by Crippen LogP contribution is 2.43. The molecular formula is C9H19NO3P. The number of nitrogens with zero attached hydrogens (tertiary/aromatic N) is 1. The summed E-state index contributed by atoms with van der Waals surface area (Å²) in [5.74, 6) is 0.563. The van der Waals surface area contributed by atoms with Crippen molar-refractivity contribution < 1.29 is 14.0 Å². The smallest absolute Gasteiger partial charge is 0.324 e. The number of hydrogen-bond acceptors (Lipinski definition) is 2. The molecular weight excluding hydrogens is 201 g/mol. The Labute approximate surface area is 85.6 Å². The summed E-state index contributed by atoms with van der Waals surface area (Å²) >= 11 is 0. The molecule has 1 unspecified atom stereocenters. The van der Waals surface area contributed by atoms with Gasteiger partial charge in [-0.05, 0) is 32.1 Å².